The Morgan fingerprint density at radius 2 is 1.86 bits per heavy atom. The van der Waals surface area contributed by atoms with Gasteiger partial charge in [-0.25, -0.2) is 9.59 Å². The molecule has 0 unspecified atom stereocenters. The van der Waals surface area contributed by atoms with Crippen molar-refractivity contribution in [2.24, 2.45) is 0 Å². The van der Waals surface area contributed by atoms with Gasteiger partial charge in [0.25, 0.3) is 5.91 Å². The number of thioether (sulfide) groups is 3. The number of carbonyl (C=O) groups excluding carboxylic acids is 2. The third kappa shape index (κ3) is 6.55. The van der Waals surface area contributed by atoms with Crippen LogP contribution in [0.15, 0.2) is 63.8 Å². The van der Waals surface area contributed by atoms with Gasteiger partial charge in [0.2, 0.25) is 12.5 Å². The van der Waals surface area contributed by atoms with Gasteiger partial charge in [0.15, 0.2) is 12.4 Å². The van der Waals surface area contributed by atoms with E-state index in [1.807, 2.05) is 0 Å². The molecule has 2 atom stereocenters. The Morgan fingerprint density at radius 1 is 1.14 bits per heavy atom. The van der Waals surface area contributed by atoms with E-state index in [2.05, 4.69) is 5.32 Å². The minimum atomic E-state index is -1.20. The summed E-state index contributed by atoms with van der Waals surface area (Å²) in [5, 5.41) is 21.9. The van der Waals surface area contributed by atoms with Crippen LogP contribution in [0.3, 0.4) is 0 Å². The van der Waals surface area contributed by atoms with Gasteiger partial charge in [-0.05, 0) is 23.8 Å². The number of fused-ring (bicyclic) bond motifs is 1. The molecule has 0 bridgehead atoms. The fraction of sp³-hybridized carbons (Fsp3) is 0.261. The molecule has 194 valence electrons. The van der Waals surface area contributed by atoms with Crippen LogP contribution in [-0.4, -0.2) is 67.5 Å². The molecule has 1 fully saturated rings. The molecule has 0 saturated carbocycles. The largest absolute Gasteiger partial charge is 0.477 e. The second kappa shape index (κ2) is 12.0. The van der Waals surface area contributed by atoms with E-state index in [9.17, 15) is 24.3 Å². The monoisotopic (exact) mass is 600 g/mol. The summed E-state index contributed by atoms with van der Waals surface area (Å²) in [6.07, 6.45) is 3.28. The van der Waals surface area contributed by atoms with Crippen molar-refractivity contribution in [2.45, 2.75) is 27.8 Å². The number of carboxylic acids is 2. The minimum absolute atomic E-state index is 0.0221. The minimum Gasteiger partial charge on any atom is -0.477 e. The number of benzene rings is 1. The molecule has 2 aromatic rings. The van der Waals surface area contributed by atoms with Crippen LogP contribution in [0.4, 0.5) is 0 Å². The second-order valence-corrected chi connectivity index (χ2v) is 12.0. The first kappa shape index (κ1) is 27.6. The van der Waals surface area contributed by atoms with Gasteiger partial charge in [-0.3, -0.25) is 14.5 Å². The van der Waals surface area contributed by atoms with Crippen molar-refractivity contribution in [2.75, 3.05) is 17.3 Å². The molecule has 14 heteroatoms. The zero-order chi connectivity index (χ0) is 26.7. The van der Waals surface area contributed by atoms with E-state index in [-0.39, 0.29) is 23.9 Å². The molecule has 1 aromatic heterocycles. The maximum absolute atomic E-state index is 12.9. The quantitative estimate of drug-likeness (QED) is 0.214. The number of hydrogen-bond acceptors (Lipinski definition) is 7. The van der Waals surface area contributed by atoms with Crippen LogP contribution >= 0.6 is 58.5 Å². The first-order valence-corrected chi connectivity index (χ1v) is 14.5. The highest BCUT2D eigenvalue weighted by Gasteiger charge is 2.54. The zero-order valence-corrected chi connectivity index (χ0v) is 22.9. The van der Waals surface area contributed by atoms with Crippen molar-refractivity contribution >= 4 is 82.2 Å². The highest BCUT2D eigenvalue weighted by atomic mass is 35.5. The number of rotatable bonds is 10. The van der Waals surface area contributed by atoms with Gasteiger partial charge in [0.1, 0.15) is 17.1 Å². The van der Waals surface area contributed by atoms with E-state index in [0.717, 1.165) is 4.90 Å². The standard InChI is InChI=1S/C23H19Cl2N3O6S3/c24-13-1-2-15(25)16(7-13)36-11-17(29)26-19-21(32)28-20(23(33)34)12(10-37-22(19)28)9-35-14-3-5-27(6-4-14)8-18(30)31/h1-7,19,22H,8-11H2,(H2-,26,29,30,31,33,34)/p+1/t19-,22-/m1/s1. The van der Waals surface area contributed by atoms with Gasteiger partial charge in [-0.2, -0.15) is 4.57 Å². The fourth-order valence-corrected chi connectivity index (χ4v) is 7.39. The normalized spacial score (nSPS) is 18.8. The second-order valence-electron chi connectivity index (χ2n) is 7.96. The Morgan fingerprint density at radius 3 is 2.54 bits per heavy atom. The van der Waals surface area contributed by atoms with E-state index in [0.29, 0.717) is 32.0 Å². The van der Waals surface area contributed by atoms with Crippen LogP contribution < -0.4 is 9.88 Å². The summed E-state index contributed by atoms with van der Waals surface area (Å²) in [4.78, 5) is 51.0. The Kier molecular flexibility index (Phi) is 8.96. The topological polar surface area (TPSA) is 128 Å². The summed E-state index contributed by atoms with van der Waals surface area (Å²) in [6, 6.07) is 7.63. The highest BCUT2D eigenvalue weighted by molar-refractivity contribution is 8.01. The lowest BCUT2D eigenvalue weighted by molar-refractivity contribution is -0.686. The number of aliphatic carboxylic acids is 2. The molecular weight excluding hydrogens is 581 g/mol. The van der Waals surface area contributed by atoms with Crippen molar-refractivity contribution < 1.29 is 34.0 Å². The summed E-state index contributed by atoms with van der Waals surface area (Å²) >= 11 is 16.1. The zero-order valence-electron chi connectivity index (χ0n) is 18.9. The van der Waals surface area contributed by atoms with Crippen molar-refractivity contribution in [3.05, 3.63) is 64.0 Å². The Balaban J connectivity index is 1.37. The number of aromatic nitrogens is 1. The Labute approximate surface area is 234 Å². The SMILES string of the molecule is O=C(O)C[n+]1ccc(SCC2=C(C(=O)O)N3C(=O)[C@@H](NC(=O)CSc4cc(Cl)ccc4Cl)[C@H]3SC2)cc1. The molecule has 2 amide bonds. The first-order chi connectivity index (χ1) is 17.6. The van der Waals surface area contributed by atoms with E-state index >= 15 is 0 Å². The molecule has 9 nitrogen and oxygen atoms in total. The predicted molar refractivity (Wildman–Crippen MR) is 142 cm³/mol. The van der Waals surface area contributed by atoms with Gasteiger partial charge in [-0.1, -0.05) is 23.2 Å². The van der Waals surface area contributed by atoms with Gasteiger partial charge in [0, 0.05) is 38.5 Å². The number of halogens is 2. The smallest absolute Gasteiger partial charge is 0.370 e. The molecule has 1 saturated heterocycles. The number of hydrogen-bond donors (Lipinski definition) is 3. The van der Waals surface area contributed by atoms with Crippen LogP contribution in [0.5, 0.6) is 0 Å². The van der Waals surface area contributed by atoms with Gasteiger partial charge in [-0.15, -0.1) is 35.3 Å². The van der Waals surface area contributed by atoms with E-state index in [1.54, 1.807) is 42.7 Å². The summed E-state index contributed by atoms with van der Waals surface area (Å²) in [5.41, 5.74) is 0.550. The molecule has 4 rings (SSSR count). The lowest BCUT2D eigenvalue weighted by Crippen LogP contribution is -2.70. The van der Waals surface area contributed by atoms with Crippen LogP contribution in [0.1, 0.15) is 0 Å². The molecule has 37 heavy (non-hydrogen) atoms. The third-order valence-corrected chi connectivity index (χ3v) is 9.58. The molecule has 0 radical (unpaired) electrons. The van der Waals surface area contributed by atoms with Crippen LogP contribution in [0.2, 0.25) is 10.0 Å². The number of amides is 2. The number of nitrogens with zero attached hydrogens (tertiary/aromatic N) is 2. The van der Waals surface area contributed by atoms with Gasteiger partial charge >= 0.3 is 11.9 Å². The first-order valence-electron chi connectivity index (χ1n) is 10.7. The maximum atomic E-state index is 12.9. The molecule has 2 aliphatic rings. The number of carboxylic acid groups (broad SMARTS) is 2. The lowest BCUT2D eigenvalue weighted by atomic mass is 10.0. The predicted octanol–water partition coefficient (Wildman–Crippen LogP) is 2.99. The molecule has 3 N–H and O–H groups in total. The lowest BCUT2D eigenvalue weighted by Gasteiger charge is -2.49. The molecule has 2 aliphatic heterocycles. The van der Waals surface area contributed by atoms with Crippen molar-refractivity contribution in [1.29, 1.82) is 0 Å². The van der Waals surface area contributed by atoms with E-state index < -0.39 is 29.3 Å². The van der Waals surface area contributed by atoms with Crippen molar-refractivity contribution in [3.8, 4) is 0 Å². The highest BCUT2D eigenvalue weighted by Crippen LogP contribution is 2.41. The van der Waals surface area contributed by atoms with Crippen LogP contribution in [0, 0.1) is 0 Å². The number of nitrogens with one attached hydrogen (secondary N) is 1. The summed E-state index contributed by atoms with van der Waals surface area (Å²) in [5.74, 6) is -2.22. The van der Waals surface area contributed by atoms with Crippen LogP contribution in [0.25, 0.3) is 0 Å². The van der Waals surface area contributed by atoms with Gasteiger partial charge in [0.05, 0.1) is 10.8 Å². The number of β-lactam (4-membered cyclic amide) rings is 1. The molecule has 3 heterocycles. The maximum Gasteiger partial charge on any atom is 0.370 e. The van der Waals surface area contributed by atoms with Gasteiger partial charge < -0.3 is 15.5 Å². The molecular formula is C23H20Cl2N3O6S3+. The third-order valence-electron chi connectivity index (χ3n) is 5.41. The van der Waals surface area contributed by atoms with Crippen molar-refractivity contribution in [3.63, 3.8) is 0 Å². The molecule has 1 aromatic carbocycles. The van der Waals surface area contributed by atoms with Crippen LogP contribution in [-0.2, 0) is 25.7 Å². The molecule has 0 spiro atoms. The average molecular weight is 602 g/mol. The summed E-state index contributed by atoms with van der Waals surface area (Å²) in [7, 11) is 0. The Hall–Kier alpha value is -2.38. The average Bonchev–Trinajstić information content (AvgIpc) is 2.86. The molecule has 0 aliphatic carbocycles. The Bertz CT molecular complexity index is 1290. The number of carbonyl (C=O) groups is 4. The van der Waals surface area contributed by atoms with E-state index in [4.69, 9.17) is 28.3 Å². The van der Waals surface area contributed by atoms with E-state index in [1.165, 1.54) is 44.8 Å². The van der Waals surface area contributed by atoms with Crippen molar-refractivity contribution in [1.82, 2.24) is 10.2 Å². The summed E-state index contributed by atoms with van der Waals surface area (Å²) < 4.78 is 1.52. The summed E-state index contributed by atoms with van der Waals surface area (Å²) in [6.45, 7) is -0.154. The fourth-order valence-electron chi connectivity index (χ4n) is 3.71. The number of pyridine rings is 1.